The Labute approximate surface area is 230 Å². The lowest BCUT2D eigenvalue weighted by atomic mass is 10.0. The van der Waals surface area contributed by atoms with Crippen molar-refractivity contribution in [2.45, 2.75) is 50.6 Å². The van der Waals surface area contributed by atoms with Gasteiger partial charge in [0, 0.05) is 41.0 Å². The molecular weight excluding hydrogens is 546 g/mol. The second kappa shape index (κ2) is 10.8. The third kappa shape index (κ3) is 5.76. The molecule has 0 saturated heterocycles. The number of nitrogens with one attached hydrogen (secondary N) is 1. The monoisotopic (exact) mass is 573 g/mol. The van der Waals surface area contributed by atoms with Crippen molar-refractivity contribution in [2.24, 2.45) is 0 Å². The number of anilines is 1. The fraction of sp³-hybridized carbons (Fsp3) is 0.333. The van der Waals surface area contributed by atoms with Crippen molar-refractivity contribution in [2.75, 3.05) is 17.6 Å². The zero-order chi connectivity index (χ0) is 26.2. The average molecular weight is 574 g/mol. The van der Waals surface area contributed by atoms with Gasteiger partial charge >= 0.3 is 0 Å². The standard InChI is InChI=1S/C27H28ClN3O3S3/c1-17(2)31-14-13-20-23(16-31)36-27(25(20)26-29-21-6-3-4-7-22(21)35-26)30-24(32)8-5-15-37(33,34)19-11-9-18(28)10-12-19/h3-4,6-7,9-12,17H,5,8,13-16H2,1-2H3,(H,30,32). The smallest absolute Gasteiger partial charge is 0.225 e. The maximum atomic E-state index is 13.0. The van der Waals surface area contributed by atoms with Gasteiger partial charge in [0.25, 0.3) is 0 Å². The summed E-state index contributed by atoms with van der Waals surface area (Å²) in [4.78, 5) is 21.8. The Hall–Kier alpha value is -2.30. The average Bonchev–Trinajstić information content (AvgIpc) is 3.44. The van der Waals surface area contributed by atoms with Crippen LogP contribution < -0.4 is 5.32 Å². The van der Waals surface area contributed by atoms with Gasteiger partial charge in [-0.05, 0) is 68.7 Å². The van der Waals surface area contributed by atoms with Gasteiger partial charge in [0.2, 0.25) is 5.91 Å². The summed E-state index contributed by atoms with van der Waals surface area (Å²) in [5, 5.41) is 5.31. The molecule has 5 rings (SSSR count). The first kappa shape index (κ1) is 26.3. The summed E-state index contributed by atoms with van der Waals surface area (Å²) in [6.07, 6.45) is 1.26. The van der Waals surface area contributed by atoms with Crippen molar-refractivity contribution in [1.29, 1.82) is 0 Å². The third-order valence-electron chi connectivity index (χ3n) is 6.57. The minimum atomic E-state index is -3.48. The predicted molar refractivity (Wildman–Crippen MR) is 154 cm³/mol. The van der Waals surface area contributed by atoms with E-state index in [2.05, 4.69) is 30.1 Å². The number of rotatable bonds is 8. The van der Waals surface area contributed by atoms with E-state index in [-0.39, 0.29) is 29.4 Å². The lowest BCUT2D eigenvalue weighted by Gasteiger charge is -2.30. The van der Waals surface area contributed by atoms with E-state index in [1.165, 1.54) is 22.6 Å². The number of halogens is 1. The van der Waals surface area contributed by atoms with Gasteiger partial charge in [-0.1, -0.05) is 23.7 Å². The van der Waals surface area contributed by atoms with Crippen LogP contribution in [-0.4, -0.2) is 42.5 Å². The van der Waals surface area contributed by atoms with Gasteiger partial charge in [-0.25, -0.2) is 13.4 Å². The van der Waals surface area contributed by atoms with Crippen molar-refractivity contribution >= 4 is 65.2 Å². The van der Waals surface area contributed by atoms with Crippen LogP contribution in [-0.2, 0) is 27.6 Å². The van der Waals surface area contributed by atoms with Crippen LogP contribution >= 0.6 is 34.3 Å². The van der Waals surface area contributed by atoms with Gasteiger partial charge < -0.3 is 5.32 Å². The van der Waals surface area contributed by atoms with Crippen molar-refractivity contribution < 1.29 is 13.2 Å². The Morgan fingerprint density at radius 2 is 1.89 bits per heavy atom. The number of aromatic nitrogens is 1. The fourth-order valence-electron chi connectivity index (χ4n) is 4.53. The lowest BCUT2D eigenvalue weighted by molar-refractivity contribution is -0.116. The number of para-hydroxylation sites is 1. The maximum Gasteiger partial charge on any atom is 0.225 e. The number of thiazole rings is 1. The van der Waals surface area contributed by atoms with Crippen LogP contribution in [0.25, 0.3) is 20.8 Å². The number of fused-ring (bicyclic) bond motifs is 2. The third-order valence-corrected chi connectivity index (χ3v) is 10.8. The van der Waals surface area contributed by atoms with E-state index in [0.717, 1.165) is 45.3 Å². The Kier molecular flexibility index (Phi) is 7.70. The number of hydrogen-bond donors (Lipinski definition) is 1. The fourth-order valence-corrected chi connectivity index (χ4v) is 8.37. The Balaban J connectivity index is 1.35. The first-order chi connectivity index (χ1) is 17.7. The Morgan fingerprint density at radius 3 is 2.62 bits per heavy atom. The molecule has 1 aliphatic rings. The molecule has 0 atom stereocenters. The van der Waals surface area contributed by atoms with Gasteiger partial charge in [0.1, 0.15) is 10.0 Å². The highest BCUT2D eigenvalue weighted by Gasteiger charge is 2.28. The van der Waals surface area contributed by atoms with Crippen molar-refractivity contribution in [1.82, 2.24) is 9.88 Å². The van der Waals surface area contributed by atoms with Crippen molar-refractivity contribution in [3.8, 4) is 10.6 Å². The molecule has 0 radical (unpaired) electrons. The summed E-state index contributed by atoms with van der Waals surface area (Å²) < 4.78 is 26.4. The first-order valence-corrected chi connectivity index (χ1v) is 15.9. The number of sulfone groups is 1. The van der Waals surface area contributed by atoms with Gasteiger partial charge in [0.05, 0.1) is 20.9 Å². The lowest BCUT2D eigenvalue weighted by Crippen LogP contribution is -2.35. The second-order valence-electron chi connectivity index (χ2n) is 9.43. The molecule has 0 bridgehead atoms. The number of carbonyl (C=O) groups is 1. The highest BCUT2D eigenvalue weighted by atomic mass is 35.5. The van der Waals surface area contributed by atoms with Gasteiger partial charge in [-0.2, -0.15) is 0 Å². The molecule has 194 valence electrons. The van der Waals surface area contributed by atoms with E-state index in [9.17, 15) is 13.2 Å². The van der Waals surface area contributed by atoms with Crippen LogP contribution in [0.4, 0.5) is 5.00 Å². The molecule has 3 heterocycles. The number of benzene rings is 2. The van der Waals surface area contributed by atoms with Crippen LogP contribution in [0, 0.1) is 0 Å². The number of hydrogen-bond acceptors (Lipinski definition) is 7. The first-order valence-electron chi connectivity index (χ1n) is 12.2. The number of thiophene rings is 1. The highest BCUT2D eigenvalue weighted by molar-refractivity contribution is 7.91. The molecule has 2 aromatic heterocycles. The van der Waals surface area contributed by atoms with Crippen LogP contribution in [0.5, 0.6) is 0 Å². The molecule has 6 nitrogen and oxygen atoms in total. The number of carbonyl (C=O) groups excluding carboxylic acids is 1. The van der Waals surface area contributed by atoms with E-state index in [0.29, 0.717) is 11.1 Å². The molecule has 0 spiro atoms. The minimum absolute atomic E-state index is 0.100. The van der Waals surface area contributed by atoms with Gasteiger partial charge in [-0.3, -0.25) is 9.69 Å². The van der Waals surface area contributed by atoms with Crippen LogP contribution in [0.2, 0.25) is 5.02 Å². The molecule has 0 unspecified atom stereocenters. The van der Waals surface area contributed by atoms with Crippen molar-refractivity contribution in [3.63, 3.8) is 0 Å². The molecule has 1 amide bonds. The zero-order valence-corrected chi connectivity index (χ0v) is 23.9. The van der Waals surface area contributed by atoms with Crippen LogP contribution in [0.3, 0.4) is 0 Å². The normalized spacial score (nSPS) is 14.3. The molecule has 2 aromatic carbocycles. The molecule has 37 heavy (non-hydrogen) atoms. The number of amides is 1. The Morgan fingerprint density at radius 1 is 1.14 bits per heavy atom. The largest absolute Gasteiger partial charge is 0.317 e. The molecule has 0 fully saturated rings. The molecule has 0 saturated carbocycles. The van der Waals surface area contributed by atoms with E-state index in [4.69, 9.17) is 16.6 Å². The predicted octanol–water partition coefficient (Wildman–Crippen LogP) is 6.64. The van der Waals surface area contributed by atoms with Crippen LogP contribution in [0.15, 0.2) is 53.4 Å². The van der Waals surface area contributed by atoms with Crippen LogP contribution in [0.1, 0.15) is 37.1 Å². The Bertz CT molecular complexity index is 1510. The highest BCUT2D eigenvalue weighted by Crippen LogP contribution is 2.46. The van der Waals surface area contributed by atoms with E-state index >= 15 is 0 Å². The van der Waals surface area contributed by atoms with Gasteiger partial charge in [0.15, 0.2) is 9.84 Å². The zero-order valence-electron chi connectivity index (χ0n) is 20.7. The van der Waals surface area contributed by atoms with Gasteiger partial charge in [-0.15, -0.1) is 22.7 Å². The van der Waals surface area contributed by atoms with E-state index < -0.39 is 9.84 Å². The molecular formula is C27H28ClN3O3S3. The summed E-state index contributed by atoms with van der Waals surface area (Å²) in [5.41, 5.74) is 3.24. The minimum Gasteiger partial charge on any atom is -0.317 e. The topological polar surface area (TPSA) is 79.4 Å². The SMILES string of the molecule is CC(C)N1CCc2c(sc(NC(=O)CCCS(=O)(=O)c3ccc(Cl)cc3)c2-c2nc3ccccc3s2)C1. The second-order valence-corrected chi connectivity index (χ2v) is 14.1. The summed E-state index contributed by atoms with van der Waals surface area (Å²) in [7, 11) is -3.48. The summed E-state index contributed by atoms with van der Waals surface area (Å²) in [5.74, 6) is -0.287. The number of nitrogens with zero attached hydrogens (tertiary/aromatic N) is 2. The van der Waals surface area contributed by atoms with E-state index in [1.54, 1.807) is 34.8 Å². The maximum absolute atomic E-state index is 13.0. The molecule has 4 aromatic rings. The van der Waals surface area contributed by atoms with E-state index in [1.807, 2.05) is 18.2 Å². The molecule has 0 aliphatic carbocycles. The summed E-state index contributed by atoms with van der Waals surface area (Å²) in [6.45, 7) is 6.22. The summed E-state index contributed by atoms with van der Waals surface area (Å²) >= 11 is 9.13. The van der Waals surface area contributed by atoms with Crippen molar-refractivity contribution in [3.05, 3.63) is 64.0 Å². The molecule has 10 heteroatoms. The quantitative estimate of drug-likeness (QED) is 0.256. The summed E-state index contributed by atoms with van der Waals surface area (Å²) in [6, 6.07) is 14.6. The molecule has 1 aliphatic heterocycles. The molecule has 1 N–H and O–H groups in total.